The van der Waals surface area contributed by atoms with E-state index in [0.717, 1.165) is 57.7 Å². The minimum Gasteiger partial charge on any atom is -0.381 e. The molecule has 3 rings (SSSR count). The van der Waals surface area contributed by atoms with E-state index in [1.54, 1.807) is 0 Å². The number of rotatable bonds is 5. The van der Waals surface area contributed by atoms with E-state index in [9.17, 15) is 4.79 Å². The molecular formula is C14H22N4O3. The average Bonchev–Trinajstić information content (AvgIpc) is 3.16. The monoisotopic (exact) mass is 294 g/mol. The molecule has 21 heavy (non-hydrogen) atoms. The van der Waals surface area contributed by atoms with Crippen molar-refractivity contribution in [1.29, 1.82) is 0 Å². The summed E-state index contributed by atoms with van der Waals surface area (Å²) in [6.07, 6.45) is 3.43. The Kier molecular flexibility index (Phi) is 4.50. The van der Waals surface area contributed by atoms with Crippen molar-refractivity contribution < 1.29 is 14.1 Å². The lowest BCUT2D eigenvalue weighted by atomic mass is 9.96. The second-order valence-corrected chi connectivity index (χ2v) is 5.88. The highest BCUT2D eigenvalue weighted by atomic mass is 16.5. The quantitative estimate of drug-likeness (QED) is 0.840. The molecule has 3 heterocycles. The van der Waals surface area contributed by atoms with E-state index >= 15 is 0 Å². The molecule has 2 saturated heterocycles. The topological polar surface area (TPSA) is 94.5 Å². The lowest BCUT2D eigenvalue weighted by Crippen LogP contribution is -2.39. The molecule has 7 heteroatoms. The van der Waals surface area contributed by atoms with Gasteiger partial charge in [0.15, 0.2) is 5.82 Å². The van der Waals surface area contributed by atoms with Crippen LogP contribution in [0.1, 0.15) is 36.9 Å². The third-order valence-electron chi connectivity index (χ3n) is 4.41. The molecule has 0 unspecified atom stereocenters. The first-order chi connectivity index (χ1) is 10.2. The van der Waals surface area contributed by atoms with Gasteiger partial charge in [-0.25, -0.2) is 0 Å². The van der Waals surface area contributed by atoms with E-state index < -0.39 is 0 Å². The highest BCUT2D eigenvalue weighted by molar-refractivity contribution is 5.76. The van der Waals surface area contributed by atoms with E-state index in [2.05, 4.69) is 15.0 Å². The van der Waals surface area contributed by atoms with E-state index in [4.69, 9.17) is 15.0 Å². The number of piperidine rings is 1. The van der Waals surface area contributed by atoms with Crippen LogP contribution in [0.5, 0.6) is 0 Å². The zero-order valence-corrected chi connectivity index (χ0v) is 12.2. The van der Waals surface area contributed by atoms with Crippen molar-refractivity contribution in [3.05, 3.63) is 11.7 Å². The second kappa shape index (κ2) is 6.53. The highest BCUT2D eigenvalue weighted by Crippen LogP contribution is 2.22. The number of ether oxygens (including phenoxy) is 1. The smallest absolute Gasteiger partial charge is 0.227 e. The number of aromatic nitrogens is 2. The van der Waals surface area contributed by atoms with Crippen molar-refractivity contribution in [2.45, 2.75) is 31.6 Å². The minimum atomic E-state index is -0.171. The van der Waals surface area contributed by atoms with Crippen LogP contribution in [0.25, 0.3) is 0 Å². The fourth-order valence-corrected chi connectivity index (χ4v) is 2.97. The van der Waals surface area contributed by atoms with Crippen LogP contribution in [0.3, 0.4) is 0 Å². The molecule has 0 saturated carbocycles. The summed E-state index contributed by atoms with van der Waals surface area (Å²) in [4.78, 5) is 17.9. The van der Waals surface area contributed by atoms with E-state index in [-0.39, 0.29) is 17.7 Å². The summed E-state index contributed by atoms with van der Waals surface area (Å²) in [5, 5.41) is 4.05. The van der Waals surface area contributed by atoms with Gasteiger partial charge in [-0.2, -0.15) is 4.98 Å². The molecular weight excluding hydrogens is 272 g/mol. The predicted molar refractivity (Wildman–Crippen MR) is 74.5 cm³/mol. The number of primary amides is 1. The fraction of sp³-hybridized carbons (Fsp3) is 0.786. The van der Waals surface area contributed by atoms with Gasteiger partial charge in [-0.15, -0.1) is 0 Å². The Balaban J connectivity index is 1.44. The summed E-state index contributed by atoms with van der Waals surface area (Å²) in [5.41, 5.74) is 5.34. The third-order valence-corrected chi connectivity index (χ3v) is 4.41. The van der Waals surface area contributed by atoms with Crippen LogP contribution in [0.2, 0.25) is 0 Å². The maximum atomic E-state index is 11.1. The Morgan fingerprint density at radius 3 is 2.81 bits per heavy atom. The maximum Gasteiger partial charge on any atom is 0.227 e. The molecule has 0 bridgehead atoms. The van der Waals surface area contributed by atoms with E-state index in [1.165, 1.54) is 0 Å². The van der Waals surface area contributed by atoms with Gasteiger partial charge in [-0.3, -0.25) is 4.79 Å². The Hall–Kier alpha value is -1.47. The summed E-state index contributed by atoms with van der Waals surface area (Å²) >= 11 is 0. The molecule has 1 atom stereocenters. The van der Waals surface area contributed by atoms with Crippen LogP contribution in [-0.4, -0.2) is 53.8 Å². The fourth-order valence-electron chi connectivity index (χ4n) is 2.97. The molecule has 2 aliphatic rings. The number of amides is 1. The third kappa shape index (κ3) is 3.59. The molecule has 1 aromatic heterocycles. The van der Waals surface area contributed by atoms with Gasteiger partial charge in [-0.05, 0) is 32.4 Å². The number of nitrogens with two attached hydrogens (primary N) is 1. The number of hydrogen-bond donors (Lipinski definition) is 1. The van der Waals surface area contributed by atoms with Crippen molar-refractivity contribution in [1.82, 2.24) is 15.0 Å². The van der Waals surface area contributed by atoms with Crippen LogP contribution in [0.4, 0.5) is 0 Å². The molecule has 1 aromatic rings. The van der Waals surface area contributed by atoms with Crippen molar-refractivity contribution >= 4 is 5.91 Å². The number of nitrogens with zero attached hydrogens (tertiary/aromatic N) is 3. The number of likely N-dealkylation sites (tertiary alicyclic amines) is 1. The van der Waals surface area contributed by atoms with Gasteiger partial charge in [0.05, 0.1) is 6.61 Å². The number of carbonyl (C=O) groups excluding carboxylic acids is 1. The molecule has 0 spiro atoms. The first kappa shape index (κ1) is 14.5. The summed E-state index contributed by atoms with van der Waals surface area (Å²) in [7, 11) is 0. The highest BCUT2D eigenvalue weighted by Gasteiger charge is 2.25. The molecule has 1 amide bonds. The standard InChI is InChI=1S/C14H22N4O3/c15-13(19)10-1-5-18(6-2-10)7-3-12-16-14(17-21-12)11-4-8-20-9-11/h10-11H,1-9H2,(H2,15,19)/t11-/m1/s1. The van der Waals surface area contributed by atoms with E-state index in [1.807, 2.05) is 0 Å². The van der Waals surface area contributed by atoms with Crippen molar-refractivity contribution in [3.63, 3.8) is 0 Å². The molecule has 0 aliphatic carbocycles. The molecule has 0 radical (unpaired) electrons. The van der Waals surface area contributed by atoms with Crippen LogP contribution in [0.15, 0.2) is 4.52 Å². The first-order valence-corrected chi connectivity index (χ1v) is 7.64. The largest absolute Gasteiger partial charge is 0.381 e. The molecule has 2 aliphatic heterocycles. The van der Waals surface area contributed by atoms with Crippen molar-refractivity contribution in [2.24, 2.45) is 11.7 Å². The van der Waals surface area contributed by atoms with E-state index in [0.29, 0.717) is 12.5 Å². The van der Waals surface area contributed by atoms with Gasteiger partial charge in [0, 0.05) is 31.4 Å². The maximum absolute atomic E-state index is 11.1. The van der Waals surface area contributed by atoms with Gasteiger partial charge in [0.2, 0.25) is 11.8 Å². The van der Waals surface area contributed by atoms with Gasteiger partial charge >= 0.3 is 0 Å². The average molecular weight is 294 g/mol. The Bertz CT molecular complexity index is 476. The van der Waals surface area contributed by atoms with Crippen LogP contribution in [-0.2, 0) is 16.0 Å². The molecule has 0 aromatic carbocycles. The van der Waals surface area contributed by atoms with Gasteiger partial charge in [0.1, 0.15) is 0 Å². The van der Waals surface area contributed by atoms with Crippen LogP contribution >= 0.6 is 0 Å². The SMILES string of the molecule is NC(=O)C1CCN(CCc2nc([C@@H]3CCOC3)no2)CC1. The second-order valence-electron chi connectivity index (χ2n) is 5.88. The van der Waals surface area contributed by atoms with Gasteiger partial charge in [0.25, 0.3) is 0 Å². The minimum absolute atomic E-state index is 0.0404. The summed E-state index contributed by atoms with van der Waals surface area (Å²) in [5.74, 6) is 1.62. The number of carbonyl (C=O) groups is 1. The van der Waals surface area contributed by atoms with Crippen molar-refractivity contribution in [2.75, 3.05) is 32.8 Å². The lowest BCUT2D eigenvalue weighted by molar-refractivity contribution is -0.123. The summed E-state index contributed by atoms with van der Waals surface area (Å²) in [6.45, 7) is 4.17. The summed E-state index contributed by atoms with van der Waals surface area (Å²) in [6, 6.07) is 0. The molecule has 2 fully saturated rings. The molecule has 7 nitrogen and oxygen atoms in total. The Labute approximate surface area is 123 Å². The number of hydrogen-bond acceptors (Lipinski definition) is 6. The zero-order valence-electron chi connectivity index (χ0n) is 12.2. The normalized spacial score (nSPS) is 24.5. The zero-order chi connectivity index (χ0) is 14.7. The summed E-state index contributed by atoms with van der Waals surface area (Å²) < 4.78 is 10.6. The Morgan fingerprint density at radius 2 is 2.14 bits per heavy atom. The predicted octanol–water partition coefficient (Wildman–Crippen LogP) is 0.313. The van der Waals surface area contributed by atoms with Crippen molar-refractivity contribution in [3.8, 4) is 0 Å². The first-order valence-electron chi connectivity index (χ1n) is 7.64. The van der Waals surface area contributed by atoms with Crippen LogP contribution < -0.4 is 5.73 Å². The Morgan fingerprint density at radius 1 is 1.33 bits per heavy atom. The molecule has 2 N–H and O–H groups in total. The van der Waals surface area contributed by atoms with Crippen LogP contribution in [0, 0.1) is 5.92 Å². The lowest BCUT2D eigenvalue weighted by Gasteiger charge is -2.29. The molecule has 116 valence electrons. The van der Waals surface area contributed by atoms with Gasteiger partial charge in [-0.1, -0.05) is 5.16 Å². The van der Waals surface area contributed by atoms with Gasteiger partial charge < -0.3 is 19.9 Å².